The Kier molecular flexibility index (Phi) is 5.86. The molecule has 22 heavy (non-hydrogen) atoms. The summed E-state index contributed by atoms with van der Waals surface area (Å²) >= 11 is 0. The highest BCUT2D eigenvalue weighted by Crippen LogP contribution is 2.20. The van der Waals surface area contributed by atoms with Gasteiger partial charge in [-0.2, -0.15) is 0 Å². The lowest BCUT2D eigenvalue weighted by atomic mass is 9.92. The maximum Gasteiger partial charge on any atom is 0.194 e. The van der Waals surface area contributed by atoms with Crippen molar-refractivity contribution in [2.45, 2.75) is 47.2 Å². The minimum absolute atomic E-state index is 0.621. The maximum atomic E-state index is 4.48. The van der Waals surface area contributed by atoms with Gasteiger partial charge in [-0.05, 0) is 24.2 Å². The second-order valence-electron chi connectivity index (χ2n) is 7.14. The van der Waals surface area contributed by atoms with Crippen molar-refractivity contribution < 1.29 is 0 Å². The topological polar surface area (TPSA) is 45.5 Å². The summed E-state index contributed by atoms with van der Waals surface area (Å²) in [6.45, 7) is 13.0. The third-order valence-electron chi connectivity index (χ3n) is 4.15. The predicted molar refractivity (Wildman–Crippen MR) is 91.8 cm³/mol. The fourth-order valence-corrected chi connectivity index (χ4v) is 3.39. The van der Waals surface area contributed by atoms with E-state index in [4.69, 9.17) is 0 Å². The highest BCUT2D eigenvalue weighted by molar-refractivity contribution is 5.79. The Morgan fingerprint density at radius 2 is 2.05 bits per heavy atom. The third-order valence-corrected chi connectivity index (χ3v) is 4.15. The fourth-order valence-electron chi connectivity index (χ4n) is 3.39. The van der Waals surface area contributed by atoms with E-state index < -0.39 is 0 Å². The van der Waals surface area contributed by atoms with E-state index in [1.54, 1.807) is 0 Å². The normalized spacial score (nSPS) is 23.2. The summed E-state index contributed by atoms with van der Waals surface area (Å²) in [5, 5.41) is 3.49. The number of aromatic nitrogens is 2. The van der Waals surface area contributed by atoms with Crippen molar-refractivity contribution in [1.82, 2.24) is 19.8 Å². The number of hydrogen-bond acceptors (Lipinski definition) is 2. The number of nitrogens with one attached hydrogen (secondary N) is 1. The van der Waals surface area contributed by atoms with Crippen LogP contribution in [0.2, 0.25) is 0 Å². The SMILES string of the molecule is CN=C(NCc1nccn1CC(C)C)N1CC(C)CC(C)C1. The lowest BCUT2D eigenvalue weighted by Gasteiger charge is -2.37. The number of piperidine rings is 1. The van der Waals surface area contributed by atoms with Crippen molar-refractivity contribution in [2.75, 3.05) is 20.1 Å². The Labute approximate surface area is 134 Å². The van der Waals surface area contributed by atoms with Gasteiger partial charge >= 0.3 is 0 Å². The van der Waals surface area contributed by atoms with Gasteiger partial charge in [-0.3, -0.25) is 4.99 Å². The Bertz CT molecular complexity index is 481. The first kappa shape index (κ1) is 16.8. The average Bonchev–Trinajstić information content (AvgIpc) is 2.85. The van der Waals surface area contributed by atoms with Gasteiger partial charge in [-0.15, -0.1) is 0 Å². The molecular formula is C17H31N5. The zero-order valence-electron chi connectivity index (χ0n) is 14.7. The lowest BCUT2D eigenvalue weighted by Crippen LogP contribution is -2.48. The van der Waals surface area contributed by atoms with E-state index in [1.807, 2.05) is 13.2 Å². The minimum atomic E-state index is 0.621. The molecule has 1 saturated heterocycles. The summed E-state index contributed by atoms with van der Waals surface area (Å²) in [7, 11) is 1.87. The second-order valence-corrected chi connectivity index (χ2v) is 7.14. The minimum Gasteiger partial charge on any atom is -0.349 e. The molecule has 0 radical (unpaired) electrons. The molecule has 0 saturated carbocycles. The molecule has 5 heteroatoms. The van der Waals surface area contributed by atoms with Crippen LogP contribution in [0, 0.1) is 17.8 Å². The van der Waals surface area contributed by atoms with Crippen molar-refractivity contribution in [2.24, 2.45) is 22.7 Å². The smallest absolute Gasteiger partial charge is 0.194 e. The fraction of sp³-hybridized carbons (Fsp3) is 0.765. The van der Waals surface area contributed by atoms with E-state index in [0.717, 1.165) is 49.8 Å². The molecular weight excluding hydrogens is 274 g/mol. The number of likely N-dealkylation sites (tertiary alicyclic amines) is 1. The Balaban J connectivity index is 1.95. The van der Waals surface area contributed by atoms with Gasteiger partial charge in [0.1, 0.15) is 5.82 Å². The first-order chi connectivity index (χ1) is 10.5. The molecule has 1 aliphatic rings. The van der Waals surface area contributed by atoms with Crippen LogP contribution in [0.3, 0.4) is 0 Å². The van der Waals surface area contributed by atoms with E-state index in [2.05, 4.69) is 58.7 Å². The monoisotopic (exact) mass is 305 g/mol. The van der Waals surface area contributed by atoms with Crippen LogP contribution in [0.1, 0.15) is 39.9 Å². The van der Waals surface area contributed by atoms with Crippen molar-refractivity contribution in [1.29, 1.82) is 0 Å². The Morgan fingerprint density at radius 3 is 2.64 bits per heavy atom. The summed E-state index contributed by atoms with van der Waals surface area (Å²) in [4.78, 5) is 11.3. The van der Waals surface area contributed by atoms with Gasteiger partial charge in [-0.1, -0.05) is 27.7 Å². The van der Waals surface area contributed by atoms with Crippen LogP contribution in [-0.2, 0) is 13.1 Å². The molecule has 1 aromatic heterocycles. The molecule has 0 spiro atoms. The van der Waals surface area contributed by atoms with Crippen LogP contribution >= 0.6 is 0 Å². The Morgan fingerprint density at radius 1 is 1.36 bits per heavy atom. The van der Waals surface area contributed by atoms with Crippen LogP contribution in [-0.4, -0.2) is 40.5 Å². The molecule has 1 aliphatic heterocycles. The molecule has 0 aliphatic carbocycles. The van der Waals surface area contributed by atoms with Gasteiger partial charge in [0, 0.05) is 39.1 Å². The summed E-state index contributed by atoms with van der Waals surface area (Å²) in [6.07, 6.45) is 5.25. The largest absolute Gasteiger partial charge is 0.349 e. The quantitative estimate of drug-likeness (QED) is 0.687. The van der Waals surface area contributed by atoms with Crippen LogP contribution < -0.4 is 5.32 Å². The summed E-state index contributed by atoms with van der Waals surface area (Å²) in [5.41, 5.74) is 0. The summed E-state index contributed by atoms with van der Waals surface area (Å²) in [5.74, 6) is 4.15. The van der Waals surface area contributed by atoms with E-state index >= 15 is 0 Å². The van der Waals surface area contributed by atoms with Crippen molar-refractivity contribution in [3.8, 4) is 0 Å². The first-order valence-corrected chi connectivity index (χ1v) is 8.45. The molecule has 1 aromatic rings. The molecule has 2 unspecified atom stereocenters. The van der Waals surface area contributed by atoms with Gasteiger partial charge in [0.2, 0.25) is 0 Å². The number of rotatable bonds is 4. The lowest BCUT2D eigenvalue weighted by molar-refractivity contribution is 0.208. The van der Waals surface area contributed by atoms with Gasteiger partial charge < -0.3 is 14.8 Å². The van der Waals surface area contributed by atoms with Crippen LogP contribution in [0.25, 0.3) is 0 Å². The zero-order chi connectivity index (χ0) is 16.1. The van der Waals surface area contributed by atoms with E-state index in [-0.39, 0.29) is 0 Å². The number of hydrogen-bond donors (Lipinski definition) is 1. The van der Waals surface area contributed by atoms with Gasteiger partial charge in [0.05, 0.1) is 6.54 Å². The highest BCUT2D eigenvalue weighted by atomic mass is 15.3. The van der Waals surface area contributed by atoms with Crippen molar-refractivity contribution in [3.63, 3.8) is 0 Å². The van der Waals surface area contributed by atoms with Crippen LogP contribution in [0.15, 0.2) is 17.4 Å². The van der Waals surface area contributed by atoms with Gasteiger partial charge in [0.25, 0.3) is 0 Å². The van der Waals surface area contributed by atoms with E-state index in [1.165, 1.54) is 6.42 Å². The molecule has 0 bridgehead atoms. The van der Waals surface area contributed by atoms with Gasteiger partial charge in [0.15, 0.2) is 5.96 Å². The molecule has 5 nitrogen and oxygen atoms in total. The predicted octanol–water partition coefficient (Wildman–Crippen LogP) is 2.59. The molecule has 1 N–H and O–H groups in total. The molecule has 2 heterocycles. The molecule has 124 valence electrons. The standard InChI is InChI=1S/C17H31N5/c1-13(2)10-21-7-6-19-16(21)9-20-17(18-5)22-11-14(3)8-15(4)12-22/h6-7,13-15H,8-12H2,1-5H3,(H,18,20). The second kappa shape index (κ2) is 7.65. The van der Waals surface area contributed by atoms with Crippen molar-refractivity contribution in [3.05, 3.63) is 18.2 Å². The summed E-state index contributed by atoms with van der Waals surface area (Å²) < 4.78 is 2.23. The molecule has 1 fully saturated rings. The van der Waals surface area contributed by atoms with Crippen LogP contribution in [0.4, 0.5) is 0 Å². The Hall–Kier alpha value is -1.52. The van der Waals surface area contributed by atoms with E-state index in [0.29, 0.717) is 5.92 Å². The third kappa shape index (κ3) is 4.49. The molecule has 0 aromatic carbocycles. The number of imidazole rings is 1. The maximum absolute atomic E-state index is 4.48. The van der Waals surface area contributed by atoms with Gasteiger partial charge in [-0.25, -0.2) is 4.98 Å². The summed E-state index contributed by atoms with van der Waals surface area (Å²) in [6, 6.07) is 0. The first-order valence-electron chi connectivity index (χ1n) is 8.45. The number of guanidine groups is 1. The highest BCUT2D eigenvalue weighted by Gasteiger charge is 2.24. The average molecular weight is 305 g/mol. The molecule has 2 atom stereocenters. The van der Waals surface area contributed by atoms with E-state index in [9.17, 15) is 0 Å². The molecule has 0 amide bonds. The molecule has 2 rings (SSSR count). The zero-order valence-corrected chi connectivity index (χ0v) is 14.7. The van der Waals surface area contributed by atoms with Crippen molar-refractivity contribution >= 4 is 5.96 Å². The van der Waals surface area contributed by atoms with Crippen LogP contribution in [0.5, 0.6) is 0 Å². The number of nitrogens with zero attached hydrogens (tertiary/aromatic N) is 4. The number of aliphatic imine (C=N–C) groups is 1.